The first-order valence-corrected chi connectivity index (χ1v) is 7.82. The summed E-state index contributed by atoms with van der Waals surface area (Å²) in [4.78, 5) is 11.8. The van der Waals surface area contributed by atoms with Crippen LogP contribution in [0.15, 0.2) is 66.7 Å². The van der Waals surface area contributed by atoms with Gasteiger partial charge in [0.15, 0.2) is 0 Å². The van der Waals surface area contributed by atoms with E-state index in [0.717, 1.165) is 16.2 Å². The highest BCUT2D eigenvalue weighted by Crippen LogP contribution is 2.39. The number of benzene rings is 4. The summed E-state index contributed by atoms with van der Waals surface area (Å²) in [6.07, 6.45) is 0.363. The number of carbonyl (C=O) groups excluding carboxylic acids is 1. The molecular weight excluding hydrogens is 284 g/mol. The van der Waals surface area contributed by atoms with Crippen LogP contribution in [-0.2, 0) is 4.79 Å². The Balaban J connectivity index is 2.21. The van der Waals surface area contributed by atoms with E-state index in [-0.39, 0.29) is 5.97 Å². The summed E-state index contributed by atoms with van der Waals surface area (Å²) in [5, 5.41) is 6.80. The number of hydrogen-bond acceptors (Lipinski definition) is 2. The Labute approximate surface area is 134 Å². The van der Waals surface area contributed by atoms with Crippen molar-refractivity contribution in [2.24, 2.45) is 0 Å². The molecule has 0 aliphatic carbocycles. The van der Waals surface area contributed by atoms with Crippen molar-refractivity contribution in [3.8, 4) is 5.75 Å². The first-order valence-electron chi connectivity index (χ1n) is 7.82. The van der Waals surface area contributed by atoms with Gasteiger partial charge < -0.3 is 4.74 Å². The topological polar surface area (TPSA) is 26.3 Å². The van der Waals surface area contributed by atoms with E-state index in [1.807, 2.05) is 30.3 Å². The Morgan fingerprint density at radius 3 is 1.78 bits per heavy atom. The molecule has 0 atom stereocenters. The van der Waals surface area contributed by atoms with Gasteiger partial charge in [-0.3, -0.25) is 4.79 Å². The van der Waals surface area contributed by atoms with Gasteiger partial charge in [-0.2, -0.15) is 0 Å². The maximum absolute atomic E-state index is 11.8. The molecule has 112 valence electrons. The molecule has 4 rings (SSSR count). The Kier molecular flexibility index (Phi) is 3.23. The van der Waals surface area contributed by atoms with Crippen molar-refractivity contribution in [2.45, 2.75) is 13.3 Å². The predicted octanol–water partition coefficient (Wildman–Crippen LogP) is 5.46. The molecule has 2 nitrogen and oxygen atoms in total. The molecule has 0 bridgehead atoms. The van der Waals surface area contributed by atoms with Crippen LogP contribution in [-0.4, -0.2) is 5.97 Å². The Morgan fingerprint density at radius 1 is 0.739 bits per heavy atom. The van der Waals surface area contributed by atoms with Crippen molar-refractivity contribution in [1.82, 2.24) is 0 Å². The fraction of sp³-hybridized carbons (Fsp3) is 0.0952. The summed E-state index contributed by atoms with van der Waals surface area (Å²) in [5.74, 6) is 0.422. The van der Waals surface area contributed by atoms with Crippen LogP contribution in [0.2, 0.25) is 0 Å². The quantitative estimate of drug-likeness (QED) is 0.279. The normalized spacial score (nSPS) is 11.2. The fourth-order valence-corrected chi connectivity index (χ4v) is 3.20. The molecule has 0 N–H and O–H groups in total. The molecule has 2 heteroatoms. The zero-order valence-electron chi connectivity index (χ0n) is 12.9. The summed E-state index contributed by atoms with van der Waals surface area (Å²) in [5.41, 5.74) is 0. The monoisotopic (exact) mass is 300 g/mol. The van der Waals surface area contributed by atoms with Gasteiger partial charge in [-0.15, -0.1) is 0 Å². The third-order valence-electron chi connectivity index (χ3n) is 4.24. The third kappa shape index (κ3) is 2.15. The minimum atomic E-state index is -0.213. The van der Waals surface area contributed by atoms with Crippen molar-refractivity contribution < 1.29 is 9.53 Å². The molecule has 0 radical (unpaired) electrons. The molecule has 0 fully saturated rings. The van der Waals surface area contributed by atoms with E-state index in [1.54, 1.807) is 6.92 Å². The highest BCUT2D eigenvalue weighted by molar-refractivity contribution is 6.26. The van der Waals surface area contributed by atoms with Crippen molar-refractivity contribution in [3.05, 3.63) is 66.7 Å². The zero-order valence-corrected chi connectivity index (χ0v) is 12.9. The number of esters is 1. The van der Waals surface area contributed by atoms with E-state index in [1.165, 1.54) is 16.2 Å². The molecule has 4 aromatic rings. The highest BCUT2D eigenvalue weighted by atomic mass is 16.5. The van der Waals surface area contributed by atoms with Gasteiger partial charge in [0.1, 0.15) is 5.75 Å². The van der Waals surface area contributed by atoms with E-state index in [2.05, 4.69) is 36.4 Å². The van der Waals surface area contributed by atoms with E-state index in [0.29, 0.717) is 12.2 Å². The molecule has 23 heavy (non-hydrogen) atoms. The largest absolute Gasteiger partial charge is 0.426 e. The maximum atomic E-state index is 11.8. The van der Waals surface area contributed by atoms with Crippen LogP contribution in [0.3, 0.4) is 0 Å². The molecule has 0 aromatic heterocycles. The van der Waals surface area contributed by atoms with Crippen LogP contribution >= 0.6 is 0 Å². The molecule has 4 aromatic carbocycles. The lowest BCUT2D eigenvalue weighted by molar-refractivity contribution is -0.133. The molecular formula is C21H16O2. The van der Waals surface area contributed by atoms with Crippen LogP contribution in [0.1, 0.15) is 13.3 Å². The van der Waals surface area contributed by atoms with E-state index < -0.39 is 0 Å². The van der Waals surface area contributed by atoms with Crippen molar-refractivity contribution in [2.75, 3.05) is 0 Å². The van der Waals surface area contributed by atoms with Gasteiger partial charge in [-0.05, 0) is 33.0 Å². The van der Waals surface area contributed by atoms with E-state index in [9.17, 15) is 4.79 Å². The SMILES string of the molecule is CCC(=O)Oc1cccc2c3ccccc3c3ccccc3c12. The predicted molar refractivity (Wildman–Crippen MR) is 94.9 cm³/mol. The summed E-state index contributed by atoms with van der Waals surface area (Å²) >= 11 is 0. The molecule has 0 saturated heterocycles. The first-order chi connectivity index (χ1) is 11.3. The summed E-state index contributed by atoms with van der Waals surface area (Å²) in [6.45, 7) is 1.81. The third-order valence-corrected chi connectivity index (χ3v) is 4.24. The molecule has 0 unspecified atom stereocenters. The Hall–Kier alpha value is -2.87. The lowest BCUT2D eigenvalue weighted by Crippen LogP contribution is -2.05. The van der Waals surface area contributed by atoms with Crippen molar-refractivity contribution in [1.29, 1.82) is 0 Å². The van der Waals surface area contributed by atoms with Gasteiger partial charge in [-0.1, -0.05) is 67.6 Å². The molecule has 0 aliphatic rings. The molecule has 0 aliphatic heterocycles. The molecule has 0 amide bonds. The summed E-state index contributed by atoms with van der Waals surface area (Å²) in [6, 6.07) is 22.5. The lowest BCUT2D eigenvalue weighted by Gasteiger charge is -2.13. The summed E-state index contributed by atoms with van der Waals surface area (Å²) in [7, 11) is 0. The average Bonchev–Trinajstić information content (AvgIpc) is 2.62. The molecule has 0 saturated carbocycles. The minimum Gasteiger partial charge on any atom is -0.426 e. The van der Waals surface area contributed by atoms with Gasteiger partial charge >= 0.3 is 5.97 Å². The second-order valence-corrected chi connectivity index (χ2v) is 5.60. The molecule has 0 heterocycles. The fourth-order valence-electron chi connectivity index (χ4n) is 3.20. The van der Waals surface area contributed by atoms with Crippen molar-refractivity contribution in [3.63, 3.8) is 0 Å². The van der Waals surface area contributed by atoms with E-state index >= 15 is 0 Å². The average molecular weight is 300 g/mol. The van der Waals surface area contributed by atoms with Crippen LogP contribution in [0.5, 0.6) is 5.75 Å². The second-order valence-electron chi connectivity index (χ2n) is 5.60. The zero-order chi connectivity index (χ0) is 15.8. The Bertz CT molecular complexity index is 1000. The molecule has 0 spiro atoms. The second kappa shape index (κ2) is 5.40. The number of carbonyl (C=O) groups is 1. The first kappa shape index (κ1) is 13.8. The summed E-state index contributed by atoms with van der Waals surface area (Å²) < 4.78 is 5.59. The number of ether oxygens (including phenoxy) is 1. The Morgan fingerprint density at radius 2 is 1.22 bits per heavy atom. The lowest BCUT2D eigenvalue weighted by atomic mass is 9.94. The van der Waals surface area contributed by atoms with Crippen LogP contribution in [0.25, 0.3) is 32.3 Å². The van der Waals surface area contributed by atoms with Crippen LogP contribution < -0.4 is 4.74 Å². The van der Waals surface area contributed by atoms with Crippen LogP contribution in [0, 0.1) is 0 Å². The smallest absolute Gasteiger partial charge is 0.310 e. The number of fused-ring (bicyclic) bond motifs is 6. The van der Waals surface area contributed by atoms with Gasteiger partial charge in [0.2, 0.25) is 0 Å². The van der Waals surface area contributed by atoms with E-state index in [4.69, 9.17) is 4.74 Å². The van der Waals surface area contributed by atoms with Crippen LogP contribution in [0.4, 0.5) is 0 Å². The minimum absolute atomic E-state index is 0.213. The van der Waals surface area contributed by atoms with Gasteiger partial charge in [0.25, 0.3) is 0 Å². The van der Waals surface area contributed by atoms with Gasteiger partial charge in [0, 0.05) is 11.8 Å². The maximum Gasteiger partial charge on any atom is 0.310 e. The van der Waals surface area contributed by atoms with Gasteiger partial charge in [0.05, 0.1) is 0 Å². The number of rotatable bonds is 2. The van der Waals surface area contributed by atoms with Crippen molar-refractivity contribution >= 4 is 38.3 Å². The number of hydrogen-bond donors (Lipinski definition) is 0. The standard InChI is InChI=1S/C21H16O2/c1-2-20(22)23-19-13-7-12-18-16-9-4-3-8-14(16)15-10-5-6-11-17(15)21(18)19/h3-13H,2H2,1H3. The highest BCUT2D eigenvalue weighted by Gasteiger charge is 2.13. The van der Waals surface area contributed by atoms with Gasteiger partial charge in [-0.25, -0.2) is 0 Å².